The summed E-state index contributed by atoms with van der Waals surface area (Å²) in [6.45, 7) is 5.02. The van der Waals surface area contributed by atoms with Crippen LogP contribution in [0.15, 0.2) is 23.6 Å². The van der Waals surface area contributed by atoms with Crippen LogP contribution in [0.1, 0.15) is 57.9 Å². The largest absolute Gasteiger partial charge is 0.468 e. The Morgan fingerprint density at radius 3 is 2.93 bits per heavy atom. The lowest BCUT2D eigenvalue weighted by molar-refractivity contribution is 0.0330. The molecule has 2 fully saturated rings. The Balaban J connectivity index is 1.75. The average molecular weight is 366 g/mol. The van der Waals surface area contributed by atoms with Crippen molar-refractivity contribution in [2.45, 2.75) is 58.0 Å². The van der Waals surface area contributed by atoms with Crippen LogP contribution in [0.2, 0.25) is 0 Å². The summed E-state index contributed by atoms with van der Waals surface area (Å²) in [5.74, 6) is 0.444. The van der Waals surface area contributed by atoms with Crippen LogP contribution in [0.3, 0.4) is 0 Å². The van der Waals surface area contributed by atoms with E-state index in [0.717, 1.165) is 66.3 Å². The SMILES string of the molecule is CCCN1N=C([C@]2(CC)C[C@]3(O)CC[C@H]2C3)c2c(cnc3[nH]ccc23)B1O. The molecule has 3 aliphatic rings. The standard InChI is InChI=1S/C20H27BN4O2/c1-3-9-25-21(27)15-11-23-18-14(6-8-22-18)16(15)17(24-25)20(4-2)12-19(26)7-5-13(20)10-19/h6,8,11,13,26-27H,3-5,7,9-10,12H2,1-2H3,(H,22,23)/t13-,19-,20+/m0/s1. The van der Waals surface area contributed by atoms with Crippen molar-refractivity contribution in [1.29, 1.82) is 0 Å². The fourth-order valence-electron chi connectivity index (χ4n) is 5.95. The zero-order chi connectivity index (χ0) is 18.8. The van der Waals surface area contributed by atoms with Crippen LogP contribution in [0.4, 0.5) is 0 Å². The van der Waals surface area contributed by atoms with Crippen LogP contribution in [0.5, 0.6) is 0 Å². The molecule has 2 aromatic rings. The summed E-state index contributed by atoms with van der Waals surface area (Å²) in [6, 6.07) is 2.03. The number of aliphatic hydroxyl groups is 1. The molecular formula is C20H27BN4O2. The summed E-state index contributed by atoms with van der Waals surface area (Å²) in [6.07, 6.45) is 9.14. The van der Waals surface area contributed by atoms with Gasteiger partial charge in [0, 0.05) is 40.8 Å². The van der Waals surface area contributed by atoms with Gasteiger partial charge in [0.25, 0.3) is 0 Å². The topological polar surface area (TPSA) is 84.7 Å². The minimum absolute atomic E-state index is 0.139. The fourth-order valence-corrected chi connectivity index (χ4v) is 5.95. The summed E-state index contributed by atoms with van der Waals surface area (Å²) >= 11 is 0. The zero-order valence-electron chi connectivity index (χ0n) is 16.1. The molecule has 2 aromatic heterocycles. The number of hydrogen-bond donors (Lipinski definition) is 3. The third kappa shape index (κ3) is 2.27. The van der Waals surface area contributed by atoms with E-state index in [1.54, 1.807) is 6.20 Å². The van der Waals surface area contributed by atoms with Crippen molar-refractivity contribution in [2.75, 3.05) is 6.54 Å². The van der Waals surface area contributed by atoms with E-state index in [-0.39, 0.29) is 5.41 Å². The maximum Gasteiger partial charge on any atom is 0.468 e. The highest BCUT2D eigenvalue weighted by Gasteiger charge is 2.60. The maximum absolute atomic E-state index is 11.0. The first-order valence-corrected chi connectivity index (χ1v) is 10.2. The molecule has 0 amide bonds. The third-order valence-corrected chi connectivity index (χ3v) is 7.21. The van der Waals surface area contributed by atoms with Crippen molar-refractivity contribution in [3.63, 3.8) is 0 Å². The van der Waals surface area contributed by atoms with Gasteiger partial charge >= 0.3 is 7.05 Å². The molecule has 142 valence electrons. The molecule has 0 saturated heterocycles. The van der Waals surface area contributed by atoms with Crippen molar-refractivity contribution in [1.82, 2.24) is 14.9 Å². The number of H-pyrrole nitrogens is 1. The van der Waals surface area contributed by atoms with Gasteiger partial charge in [0.15, 0.2) is 0 Å². The quantitative estimate of drug-likeness (QED) is 0.723. The summed E-state index contributed by atoms with van der Waals surface area (Å²) in [7, 11) is -0.772. The van der Waals surface area contributed by atoms with Crippen LogP contribution in [0, 0.1) is 11.3 Å². The maximum atomic E-state index is 11.0. The van der Waals surface area contributed by atoms with Crippen molar-refractivity contribution < 1.29 is 10.1 Å². The molecule has 3 atom stereocenters. The lowest BCUT2D eigenvalue weighted by Crippen LogP contribution is -2.55. The molecule has 5 rings (SSSR count). The smallest absolute Gasteiger partial charge is 0.428 e. The van der Waals surface area contributed by atoms with Crippen molar-refractivity contribution in [3.8, 4) is 0 Å². The highest BCUT2D eigenvalue weighted by Crippen LogP contribution is 2.61. The molecule has 3 heterocycles. The Labute approximate surface area is 159 Å². The lowest BCUT2D eigenvalue weighted by atomic mass is 9.60. The molecule has 27 heavy (non-hydrogen) atoms. The first-order valence-electron chi connectivity index (χ1n) is 10.2. The van der Waals surface area contributed by atoms with Crippen LogP contribution in [-0.2, 0) is 0 Å². The van der Waals surface area contributed by atoms with Gasteiger partial charge in [0.1, 0.15) is 5.65 Å². The van der Waals surface area contributed by atoms with E-state index in [9.17, 15) is 10.1 Å². The van der Waals surface area contributed by atoms with Gasteiger partial charge in [-0.05, 0) is 50.5 Å². The van der Waals surface area contributed by atoms with Gasteiger partial charge in [-0.15, -0.1) is 0 Å². The summed E-state index contributed by atoms with van der Waals surface area (Å²) in [5.41, 5.74) is 3.04. The number of aromatic nitrogens is 2. The number of hydrogen-bond acceptors (Lipinski definition) is 5. The van der Waals surface area contributed by atoms with Crippen LogP contribution < -0.4 is 5.46 Å². The molecule has 0 aromatic carbocycles. The molecule has 6 nitrogen and oxygen atoms in total. The van der Waals surface area contributed by atoms with E-state index < -0.39 is 12.7 Å². The molecule has 3 N–H and O–H groups in total. The van der Waals surface area contributed by atoms with Crippen molar-refractivity contribution in [2.24, 2.45) is 16.4 Å². The predicted molar refractivity (Wildman–Crippen MR) is 107 cm³/mol. The number of pyridine rings is 1. The number of rotatable bonds is 4. The predicted octanol–water partition coefficient (Wildman–Crippen LogP) is 2.01. The molecule has 2 bridgehead atoms. The lowest BCUT2D eigenvalue weighted by Gasteiger charge is -2.43. The van der Waals surface area contributed by atoms with Crippen LogP contribution >= 0.6 is 0 Å². The molecule has 0 spiro atoms. The first kappa shape index (κ1) is 17.3. The molecule has 1 aliphatic heterocycles. The Hall–Kier alpha value is -1.86. The van der Waals surface area contributed by atoms with E-state index >= 15 is 0 Å². The number of nitrogens with one attached hydrogen (secondary N) is 1. The van der Waals surface area contributed by atoms with Crippen LogP contribution in [0.25, 0.3) is 11.0 Å². The van der Waals surface area contributed by atoms with E-state index in [4.69, 9.17) is 5.10 Å². The average Bonchev–Trinajstić information content (AvgIpc) is 3.35. The fraction of sp³-hybridized carbons (Fsp3) is 0.600. The Bertz CT molecular complexity index is 928. The van der Waals surface area contributed by atoms with Crippen molar-refractivity contribution in [3.05, 3.63) is 24.0 Å². The van der Waals surface area contributed by atoms with Crippen molar-refractivity contribution >= 4 is 29.3 Å². The third-order valence-electron chi connectivity index (χ3n) is 7.21. The van der Waals surface area contributed by atoms with E-state index in [2.05, 4.69) is 23.8 Å². The van der Waals surface area contributed by atoms with E-state index in [0.29, 0.717) is 12.5 Å². The molecule has 0 radical (unpaired) electrons. The highest BCUT2D eigenvalue weighted by molar-refractivity contribution is 6.66. The molecule has 7 heteroatoms. The van der Waals surface area contributed by atoms with Crippen LogP contribution in [-0.4, -0.2) is 49.9 Å². The summed E-state index contributed by atoms with van der Waals surface area (Å²) in [5, 5.41) is 28.1. The van der Waals surface area contributed by atoms with Gasteiger partial charge in [0.05, 0.1) is 11.3 Å². The second kappa shape index (κ2) is 5.82. The molecule has 0 unspecified atom stereocenters. The minimum Gasteiger partial charge on any atom is -0.428 e. The van der Waals surface area contributed by atoms with Gasteiger partial charge in [-0.2, -0.15) is 5.10 Å². The number of hydrazone groups is 1. The summed E-state index contributed by atoms with van der Waals surface area (Å²) < 4.78 is 0. The normalized spacial score (nSPS) is 32.3. The second-order valence-corrected chi connectivity index (χ2v) is 8.66. The van der Waals surface area contributed by atoms with Gasteiger partial charge < -0.3 is 20.0 Å². The Kier molecular flexibility index (Phi) is 3.72. The van der Waals surface area contributed by atoms with Gasteiger partial charge in [-0.3, -0.25) is 0 Å². The van der Waals surface area contributed by atoms with E-state index in [1.165, 1.54) is 0 Å². The van der Waals surface area contributed by atoms with E-state index in [1.807, 2.05) is 17.2 Å². The van der Waals surface area contributed by atoms with Gasteiger partial charge in [0.2, 0.25) is 0 Å². The summed E-state index contributed by atoms with van der Waals surface area (Å²) in [4.78, 5) is 9.53. The first-order chi connectivity index (χ1) is 13.0. The number of aromatic amines is 1. The Morgan fingerprint density at radius 1 is 1.41 bits per heavy atom. The monoisotopic (exact) mass is 366 g/mol. The minimum atomic E-state index is -0.772. The zero-order valence-corrected chi connectivity index (χ0v) is 16.1. The number of nitrogens with zero attached hydrogens (tertiary/aromatic N) is 3. The van der Waals surface area contributed by atoms with Gasteiger partial charge in [-0.1, -0.05) is 13.8 Å². The highest BCUT2D eigenvalue weighted by atomic mass is 16.3. The second-order valence-electron chi connectivity index (χ2n) is 8.66. The molecule has 2 saturated carbocycles. The molecular weight excluding hydrogens is 339 g/mol. The molecule has 2 aliphatic carbocycles. The van der Waals surface area contributed by atoms with Gasteiger partial charge in [-0.25, -0.2) is 4.98 Å². The Morgan fingerprint density at radius 2 is 2.26 bits per heavy atom. The number of fused-ring (bicyclic) bond motifs is 5.